The van der Waals surface area contributed by atoms with E-state index in [4.69, 9.17) is 9.47 Å². The highest BCUT2D eigenvalue weighted by molar-refractivity contribution is 5.83. The van der Waals surface area contributed by atoms with Crippen molar-refractivity contribution < 1.29 is 14.3 Å². The van der Waals surface area contributed by atoms with E-state index < -0.39 is 0 Å². The van der Waals surface area contributed by atoms with Gasteiger partial charge in [-0.2, -0.15) is 0 Å². The predicted molar refractivity (Wildman–Crippen MR) is 64.3 cm³/mol. The molecule has 17 heavy (non-hydrogen) atoms. The van der Waals surface area contributed by atoms with E-state index in [2.05, 4.69) is 0 Å². The Bertz CT molecular complexity index is 409. The lowest BCUT2D eigenvalue weighted by atomic mass is 10.2. The largest absolute Gasteiger partial charge is 0.465 e. The number of carbonyl (C=O) groups is 1. The quantitative estimate of drug-likeness (QED) is 0.557. The summed E-state index contributed by atoms with van der Waals surface area (Å²) in [7, 11) is 0. The molecule has 1 aromatic rings. The van der Waals surface area contributed by atoms with E-state index in [9.17, 15) is 4.79 Å². The van der Waals surface area contributed by atoms with Gasteiger partial charge in [0.2, 0.25) is 0 Å². The average Bonchev–Trinajstić information content (AvgIpc) is 3.10. The lowest BCUT2D eigenvalue weighted by Gasteiger charge is -2.03. The molecule has 0 unspecified atom stereocenters. The van der Waals surface area contributed by atoms with E-state index in [1.807, 2.05) is 43.3 Å². The first-order chi connectivity index (χ1) is 8.31. The van der Waals surface area contributed by atoms with Crippen molar-refractivity contribution in [2.24, 2.45) is 5.92 Å². The first-order valence-corrected chi connectivity index (χ1v) is 5.80. The highest BCUT2D eigenvalue weighted by atomic mass is 16.5. The number of hydrogen-bond acceptors (Lipinski definition) is 3. The summed E-state index contributed by atoms with van der Waals surface area (Å²) < 4.78 is 10.4. The Morgan fingerprint density at radius 3 is 2.71 bits per heavy atom. The molecule has 0 amide bonds. The molecule has 1 aliphatic carbocycles. The summed E-state index contributed by atoms with van der Waals surface area (Å²) in [5.74, 6) is -0.295. The molecule has 0 saturated carbocycles. The predicted octanol–water partition coefficient (Wildman–Crippen LogP) is 2.32. The molecular formula is C14H16O3. The van der Waals surface area contributed by atoms with Gasteiger partial charge in [-0.15, -0.1) is 0 Å². The van der Waals surface area contributed by atoms with Crippen LogP contribution in [-0.4, -0.2) is 19.2 Å². The summed E-state index contributed by atoms with van der Waals surface area (Å²) in [6.45, 7) is 3.33. The van der Waals surface area contributed by atoms with Gasteiger partial charge in [0.25, 0.3) is 0 Å². The normalized spacial score (nSPS) is 17.5. The van der Waals surface area contributed by atoms with Gasteiger partial charge in [0.05, 0.1) is 25.7 Å². The van der Waals surface area contributed by atoms with Crippen LogP contribution < -0.4 is 0 Å². The molecule has 0 aliphatic heterocycles. The van der Waals surface area contributed by atoms with Gasteiger partial charge in [0.15, 0.2) is 0 Å². The summed E-state index contributed by atoms with van der Waals surface area (Å²) in [6, 6.07) is 9.98. The molecule has 3 nitrogen and oxygen atoms in total. The average molecular weight is 232 g/mol. The number of esters is 1. The first-order valence-electron chi connectivity index (χ1n) is 5.80. The summed E-state index contributed by atoms with van der Waals surface area (Å²) in [6.07, 6.45) is 1.89. The van der Waals surface area contributed by atoms with E-state index in [1.54, 1.807) is 0 Å². The monoisotopic (exact) mass is 232 g/mol. The zero-order valence-electron chi connectivity index (χ0n) is 9.89. The Hall–Kier alpha value is -1.61. The molecule has 0 aromatic heterocycles. The van der Waals surface area contributed by atoms with Crippen LogP contribution in [0.15, 0.2) is 42.0 Å². The van der Waals surface area contributed by atoms with Crippen molar-refractivity contribution >= 4 is 5.97 Å². The Morgan fingerprint density at radius 1 is 1.24 bits per heavy atom. The maximum atomic E-state index is 11.3. The molecule has 1 atom stereocenters. The van der Waals surface area contributed by atoms with Crippen molar-refractivity contribution in [2.45, 2.75) is 13.5 Å². The number of carbonyl (C=O) groups excluding carboxylic acids is 1. The van der Waals surface area contributed by atoms with Gasteiger partial charge in [-0.3, -0.25) is 4.79 Å². The third-order valence-electron chi connectivity index (χ3n) is 2.59. The minimum atomic E-state index is -0.161. The number of benzene rings is 1. The lowest BCUT2D eigenvalue weighted by molar-refractivity contribution is -0.144. The van der Waals surface area contributed by atoms with Crippen LogP contribution in [0.3, 0.4) is 0 Å². The number of hydrogen-bond donors (Lipinski definition) is 0. The lowest BCUT2D eigenvalue weighted by Crippen LogP contribution is -2.09. The zero-order chi connectivity index (χ0) is 12.1. The van der Waals surface area contributed by atoms with E-state index in [-0.39, 0.29) is 11.9 Å². The molecule has 0 fully saturated rings. The van der Waals surface area contributed by atoms with Gasteiger partial charge in [-0.05, 0) is 18.1 Å². The van der Waals surface area contributed by atoms with Crippen LogP contribution in [0.4, 0.5) is 0 Å². The van der Waals surface area contributed by atoms with Gasteiger partial charge < -0.3 is 9.47 Å². The van der Waals surface area contributed by atoms with E-state index in [0.29, 0.717) is 19.8 Å². The van der Waals surface area contributed by atoms with Crippen LogP contribution in [0.2, 0.25) is 0 Å². The molecular weight excluding hydrogens is 216 g/mol. The van der Waals surface area contributed by atoms with Gasteiger partial charge >= 0.3 is 5.97 Å². The Kier molecular flexibility index (Phi) is 3.94. The maximum Gasteiger partial charge on any atom is 0.317 e. The molecule has 0 bridgehead atoms. The minimum Gasteiger partial charge on any atom is -0.465 e. The SMILES string of the molecule is CCOC(=O)[C@H]1C=C1COCc1ccccc1. The Balaban J connectivity index is 1.65. The van der Waals surface area contributed by atoms with Crippen molar-refractivity contribution in [1.29, 1.82) is 0 Å². The second-order valence-corrected chi connectivity index (χ2v) is 3.95. The van der Waals surface area contributed by atoms with Gasteiger partial charge in [0.1, 0.15) is 0 Å². The van der Waals surface area contributed by atoms with Crippen LogP contribution in [0, 0.1) is 5.92 Å². The standard InChI is InChI=1S/C14H16O3/c1-2-17-14(15)13-8-12(13)10-16-9-11-6-4-3-5-7-11/h3-8,13H,2,9-10H2,1H3/t13-/m0/s1. The summed E-state index contributed by atoms with van der Waals surface area (Å²) in [5, 5.41) is 0. The van der Waals surface area contributed by atoms with Gasteiger partial charge in [-0.1, -0.05) is 36.4 Å². The molecule has 0 radical (unpaired) electrons. The van der Waals surface area contributed by atoms with E-state index in [0.717, 1.165) is 11.1 Å². The fraction of sp³-hybridized carbons (Fsp3) is 0.357. The smallest absolute Gasteiger partial charge is 0.317 e. The molecule has 1 aliphatic rings. The molecule has 90 valence electrons. The minimum absolute atomic E-state index is 0.134. The second kappa shape index (κ2) is 5.64. The highest BCUT2D eigenvalue weighted by Crippen LogP contribution is 2.30. The number of ether oxygens (including phenoxy) is 2. The third-order valence-corrected chi connectivity index (χ3v) is 2.59. The third kappa shape index (κ3) is 3.43. The summed E-state index contributed by atoms with van der Waals surface area (Å²) in [5.41, 5.74) is 2.17. The van der Waals surface area contributed by atoms with Crippen molar-refractivity contribution in [2.75, 3.05) is 13.2 Å². The van der Waals surface area contributed by atoms with Crippen LogP contribution in [-0.2, 0) is 20.9 Å². The van der Waals surface area contributed by atoms with Crippen LogP contribution in [0.5, 0.6) is 0 Å². The molecule has 0 N–H and O–H groups in total. The highest BCUT2D eigenvalue weighted by Gasteiger charge is 2.32. The molecule has 0 spiro atoms. The summed E-state index contributed by atoms with van der Waals surface area (Å²) in [4.78, 5) is 11.3. The van der Waals surface area contributed by atoms with Gasteiger partial charge in [0, 0.05) is 0 Å². The molecule has 2 rings (SSSR count). The van der Waals surface area contributed by atoms with Crippen molar-refractivity contribution in [3.8, 4) is 0 Å². The Labute approximate surface area is 101 Å². The van der Waals surface area contributed by atoms with Crippen LogP contribution in [0.25, 0.3) is 0 Å². The molecule has 0 heterocycles. The fourth-order valence-corrected chi connectivity index (χ4v) is 1.62. The van der Waals surface area contributed by atoms with Crippen molar-refractivity contribution in [3.63, 3.8) is 0 Å². The topological polar surface area (TPSA) is 35.5 Å². The summed E-state index contributed by atoms with van der Waals surface area (Å²) >= 11 is 0. The van der Waals surface area contributed by atoms with Crippen molar-refractivity contribution in [3.05, 3.63) is 47.5 Å². The molecule has 3 heteroatoms. The van der Waals surface area contributed by atoms with Crippen molar-refractivity contribution in [1.82, 2.24) is 0 Å². The maximum absolute atomic E-state index is 11.3. The first kappa shape index (κ1) is 11.9. The fourth-order valence-electron chi connectivity index (χ4n) is 1.62. The second-order valence-electron chi connectivity index (χ2n) is 3.95. The van der Waals surface area contributed by atoms with E-state index in [1.165, 1.54) is 0 Å². The Morgan fingerprint density at radius 2 is 2.00 bits per heavy atom. The van der Waals surface area contributed by atoms with Gasteiger partial charge in [-0.25, -0.2) is 0 Å². The molecule has 0 saturated heterocycles. The van der Waals surface area contributed by atoms with E-state index >= 15 is 0 Å². The van der Waals surface area contributed by atoms with Crippen LogP contribution in [0.1, 0.15) is 12.5 Å². The molecule has 1 aromatic carbocycles. The van der Waals surface area contributed by atoms with Crippen LogP contribution >= 0.6 is 0 Å². The number of rotatable bonds is 6. The zero-order valence-corrected chi connectivity index (χ0v) is 9.89.